The number of aryl methyl sites for hydroxylation is 2. The molecule has 2 N–H and O–H groups in total. The average Bonchev–Trinajstić information content (AvgIpc) is 3.65. The van der Waals surface area contributed by atoms with Gasteiger partial charge in [-0.05, 0) is 72.6 Å². The van der Waals surface area contributed by atoms with E-state index in [1.54, 1.807) is 55.8 Å². The molecule has 0 aliphatic rings. The molecular formula is C26H21N5O4S3. The molecule has 4 aromatic heterocycles. The van der Waals surface area contributed by atoms with Gasteiger partial charge in [0.15, 0.2) is 0 Å². The van der Waals surface area contributed by atoms with Crippen molar-refractivity contribution in [3.63, 3.8) is 0 Å². The lowest BCUT2D eigenvalue weighted by atomic mass is 10.1. The highest BCUT2D eigenvalue weighted by atomic mass is 32.2. The molecule has 4 heterocycles. The minimum absolute atomic E-state index is 0.0122. The number of nitrogens with zero attached hydrogens (tertiary/aromatic N) is 3. The Morgan fingerprint density at radius 2 is 1.82 bits per heavy atom. The third kappa shape index (κ3) is 5.28. The number of hydrogen-bond acceptors (Lipinski definition) is 8. The second-order valence-corrected chi connectivity index (χ2v) is 11.9. The number of aromatic nitrogens is 3. The van der Waals surface area contributed by atoms with E-state index in [1.807, 2.05) is 17.5 Å². The molecule has 1 amide bonds. The van der Waals surface area contributed by atoms with Gasteiger partial charge in [-0.1, -0.05) is 12.1 Å². The Morgan fingerprint density at radius 3 is 2.53 bits per heavy atom. The van der Waals surface area contributed by atoms with Crippen molar-refractivity contribution in [1.82, 2.24) is 19.9 Å². The van der Waals surface area contributed by atoms with Crippen molar-refractivity contribution in [3.8, 4) is 0 Å². The number of hydrogen-bond donors (Lipinski definition) is 2. The molecule has 0 aliphatic heterocycles. The van der Waals surface area contributed by atoms with Crippen LogP contribution in [0.3, 0.4) is 0 Å². The van der Waals surface area contributed by atoms with Gasteiger partial charge in [-0.25, -0.2) is 23.1 Å². The smallest absolute Gasteiger partial charge is 0.278 e. The quantitative estimate of drug-likeness (QED) is 0.266. The van der Waals surface area contributed by atoms with Crippen molar-refractivity contribution in [2.75, 3.05) is 4.72 Å². The van der Waals surface area contributed by atoms with Gasteiger partial charge in [0.25, 0.3) is 21.8 Å². The van der Waals surface area contributed by atoms with Gasteiger partial charge in [0, 0.05) is 28.4 Å². The van der Waals surface area contributed by atoms with E-state index in [0.29, 0.717) is 27.0 Å². The summed E-state index contributed by atoms with van der Waals surface area (Å²) >= 11 is 2.71. The summed E-state index contributed by atoms with van der Waals surface area (Å²) in [5, 5.41) is 6.95. The predicted molar refractivity (Wildman–Crippen MR) is 149 cm³/mol. The van der Waals surface area contributed by atoms with Crippen LogP contribution in [0.2, 0.25) is 0 Å². The number of rotatable bonds is 7. The molecule has 0 aliphatic carbocycles. The third-order valence-corrected chi connectivity index (χ3v) is 8.55. The Morgan fingerprint density at radius 1 is 1.03 bits per heavy atom. The number of benzene rings is 1. The van der Waals surface area contributed by atoms with Gasteiger partial charge < -0.3 is 5.32 Å². The maximum atomic E-state index is 13.7. The summed E-state index contributed by atoms with van der Waals surface area (Å²) in [6.07, 6.45) is 4.66. The number of carbonyl (C=O) groups excluding carboxylic acids is 2. The molecule has 0 spiro atoms. The molecular weight excluding hydrogens is 543 g/mol. The van der Waals surface area contributed by atoms with Gasteiger partial charge in [-0.15, -0.1) is 22.7 Å². The lowest BCUT2D eigenvalue weighted by Gasteiger charge is -2.12. The van der Waals surface area contributed by atoms with Crippen LogP contribution < -0.4 is 10.0 Å². The number of thiophene rings is 2. The molecule has 5 rings (SSSR count). The van der Waals surface area contributed by atoms with E-state index in [2.05, 4.69) is 20.0 Å². The number of allylic oxidation sites excluding steroid dienone is 1. The summed E-state index contributed by atoms with van der Waals surface area (Å²) in [6, 6.07) is 13.4. The van der Waals surface area contributed by atoms with Crippen molar-refractivity contribution < 1.29 is 18.0 Å². The maximum absolute atomic E-state index is 13.7. The van der Waals surface area contributed by atoms with Gasteiger partial charge in [-0.3, -0.25) is 14.2 Å². The van der Waals surface area contributed by atoms with Crippen LogP contribution in [0.25, 0.3) is 17.0 Å². The summed E-state index contributed by atoms with van der Waals surface area (Å²) < 4.78 is 29.9. The number of anilines is 1. The number of amides is 1. The summed E-state index contributed by atoms with van der Waals surface area (Å²) in [6.45, 7) is 3.46. The van der Waals surface area contributed by atoms with Gasteiger partial charge >= 0.3 is 0 Å². The summed E-state index contributed by atoms with van der Waals surface area (Å²) in [5.74, 6) is -0.870. The van der Waals surface area contributed by atoms with Crippen molar-refractivity contribution in [2.45, 2.75) is 18.7 Å². The normalized spacial score (nSPS) is 12.0. The highest BCUT2D eigenvalue weighted by Crippen LogP contribution is 2.27. The largest absolute Gasteiger partial charge is 0.317 e. The Kier molecular flexibility index (Phi) is 6.93. The number of fused-ring (bicyclic) bond motifs is 1. The molecule has 1 aromatic carbocycles. The Balaban J connectivity index is 1.51. The second-order valence-electron chi connectivity index (χ2n) is 8.30. The monoisotopic (exact) mass is 563 g/mol. The standard InChI is InChI=1S/C26H21N5O4S3/c1-16-13-20(38(34,35)30-26-27-9-7-17(2)28-26)14-18-8-10-31(23(16)18)25(33)21(15-19-5-3-11-36-19)29-24(32)22-6-4-12-37-22/h3-15H,1-2H3,(H,29,32)(H,27,28,30)/b21-15+. The lowest BCUT2D eigenvalue weighted by molar-refractivity contribution is 0.0905. The highest BCUT2D eigenvalue weighted by molar-refractivity contribution is 7.92. The first kappa shape index (κ1) is 25.5. The molecule has 38 heavy (non-hydrogen) atoms. The van der Waals surface area contributed by atoms with Crippen LogP contribution in [0.15, 0.2) is 82.3 Å². The van der Waals surface area contributed by atoms with Crippen molar-refractivity contribution in [3.05, 3.63) is 98.4 Å². The fraction of sp³-hybridized carbons (Fsp3) is 0.0769. The van der Waals surface area contributed by atoms with Crippen LogP contribution >= 0.6 is 22.7 Å². The highest BCUT2D eigenvalue weighted by Gasteiger charge is 2.22. The van der Waals surface area contributed by atoms with E-state index in [-0.39, 0.29) is 22.4 Å². The summed E-state index contributed by atoms with van der Waals surface area (Å²) in [5.41, 5.74) is 1.81. The lowest BCUT2D eigenvalue weighted by Crippen LogP contribution is -2.29. The topological polar surface area (TPSA) is 123 Å². The van der Waals surface area contributed by atoms with E-state index in [1.165, 1.54) is 45.6 Å². The van der Waals surface area contributed by atoms with Crippen molar-refractivity contribution in [1.29, 1.82) is 0 Å². The van der Waals surface area contributed by atoms with Crippen LogP contribution in [-0.4, -0.2) is 34.8 Å². The molecule has 0 atom stereocenters. The van der Waals surface area contributed by atoms with Crippen LogP contribution in [0.1, 0.15) is 30.6 Å². The number of sulfonamides is 1. The molecule has 5 aromatic rings. The minimum atomic E-state index is -3.98. The molecule has 9 nitrogen and oxygen atoms in total. The summed E-state index contributed by atoms with van der Waals surface area (Å²) in [7, 11) is -3.98. The van der Waals surface area contributed by atoms with Crippen molar-refractivity contribution in [2.24, 2.45) is 0 Å². The van der Waals surface area contributed by atoms with Gasteiger partial charge in [0.05, 0.1) is 15.3 Å². The Bertz CT molecular complexity index is 1790. The number of nitrogens with one attached hydrogen (secondary N) is 2. The molecule has 0 radical (unpaired) electrons. The first-order chi connectivity index (χ1) is 18.2. The fourth-order valence-electron chi connectivity index (χ4n) is 3.85. The third-order valence-electron chi connectivity index (χ3n) is 5.55. The number of carbonyl (C=O) groups is 2. The molecule has 192 valence electrons. The zero-order chi connectivity index (χ0) is 26.9. The van der Waals surface area contributed by atoms with E-state index in [9.17, 15) is 18.0 Å². The van der Waals surface area contributed by atoms with Gasteiger partial charge in [0.2, 0.25) is 5.95 Å². The molecule has 0 saturated carbocycles. The average molecular weight is 564 g/mol. The zero-order valence-corrected chi connectivity index (χ0v) is 22.7. The van der Waals surface area contributed by atoms with E-state index in [4.69, 9.17) is 0 Å². The van der Waals surface area contributed by atoms with Crippen LogP contribution in [0.4, 0.5) is 5.95 Å². The van der Waals surface area contributed by atoms with E-state index >= 15 is 0 Å². The van der Waals surface area contributed by atoms with Gasteiger partial charge in [-0.2, -0.15) is 0 Å². The molecule has 0 unspecified atom stereocenters. The summed E-state index contributed by atoms with van der Waals surface area (Å²) in [4.78, 5) is 35.8. The predicted octanol–water partition coefficient (Wildman–Crippen LogP) is 5.08. The van der Waals surface area contributed by atoms with Crippen LogP contribution in [0.5, 0.6) is 0 Å². The Hall–Kier alpha value is -4.13. The molecule has 0 bridgehead atoms. The second kappa shape index (κ2) is 10.3. The molecule has 12 heteroatoms. The fourth-order valence-corrected chi connectivity index (χ4v) is 6.20. The maximum Gasteiger partial charge on any atom is 0.278 e. The van der Waals surface area contributed by atoms with E-state index < -0.39 is 15.9 Å². The zero-order valence-electron chi connectivity index (χ0n) is 20.2. The van der Waals surface area contributed by atoms with Crippen LogP contribution in [0, 0.1) is 13.8 Å². The SMILES string of the molecule is Cc1ccnc(NS(=O)(=O)c2cc(C)c3c(ccn3C(=O)/C(=C\c3cccs3)NC(=O)c3cccs3)c2)n1. The van der Waals surface area contributed by atoms with Gasteiger partial charge in [0.1, 0.15) is 5.70 Å². The van der Waals surface area contributed by atoms with Crippen molar-refractivity contribution >= 4 is 67.4 Å². The Labute approximate surface area is 226 Å². The molecule has 0 fully saturated rings. The minimum Gasteiger partial charge on any atom is -0.317 e. The first-order valence-corrected chi connectivity index (χ1v) is 14.5. The van der Waals surface area contributed by atoms with E-state index in [0.717, 1.165) is 4.88 Å². The molecule has 0 saturated heterocycles. The first-order valence-electron chi connectivity index (χ1n) is 11.3. The van der Waals surface area contributed by atoms with Crippen LogP contribution in [-0.2, 0) is 10.0 Å².